The van der Waals surface area contributed by atoms with Crippen LogP contribution in [0.1, 0.15) is 39.2 Å². The van der Waals surface area contributed by atoms with Gasteiger partial charge in [0.1, 0.15) is 5.60 Å². The van der Waals surface area contributed by atoms with Crippen LogP contribution >= 0.6 is 15.9 Å². The Balaban J connectivity index is 1.60. The van der Waals surface area contributed by atoms with E-state index in [4.69, 9.17) is 9.47 Å². The number of ether oxygens (including phenoxy) is 2. The molecule has 0 radical (unpaired) electrons. The number of nitrogens with one attached hydrogen (secondary N) is 2. The molecule has 1 aromatic rings. The summed E-state index contributed by atoms with van der Waals surface area (Å²) >= 11 is 3.45. The van der Waals surface area contributed by atoms with E-state index in [0.717, 1.165) is 30.5 Å². The van der Waals surface area contributed by atoms with Crippen molar-refractivity contribution in [2.45, 2.75) is 63.9 Å². The van der Waals surface area contributed by atoms with Crippen molar-refractivity contribution in [1.29, 1.82) is 0 Å². The zero-order chi connectivity index (χ0) is 18.0. The summed E-state index contributed by atoms with van der Waals surface area (Å²) in [5.74, 6) is 0.365. The highest BCUT2D eigenvalue weighted by Gasteiger charge is 2.53. The maximum atomic E-state index is 12.2. The van der Waals surface area contributed by atoms with E-state index in [1.807, 2.05) is 32.9 Å². The van der Waals surface area contributed by atoms with E-state index in [1.165, 1.54) is 5.56 Å². The van der Waals surface area contributed by atoms with Crippen molar-refractivity contribution in [2.24, 2.45) is 5.92 Å². The van der Waals surface area contributed by atoms with Crippen LogP contribution in [0.25, 0.3) is 0 Å². The first-order valence-corrected chi connectivity index (χ1v) is 9.72. The van der Waals surface area contributed by atoms with E-state index in [9.17, 15) is 4.79 Å². The third kappa shape index (κ3) is 4.74. The number of alkyl carbamates (subject to hydrolysis) is 1. The number of fused-ring (bicyclic) bond motifs is 1. The van der Waals surface area contributed by atoms with Crippen LogP contribution in [0, 0.1) is 5.92 Å². The average molecular weight is 411 g/mol. The lowest BCUT2D eigenvalue weighted by atomic mass is 9.68. The smallest absolute Gasteiger partial charge is 0.407 e. The molecular weight excluding hydrogens is 384 g/mol. The van der Waals surface area contributed by atoms with Gasteiger partial charge in [-0.3, -0.25) is 0 Å². The van der Waals surface area contributed by atoms with Crippen LogP contribution in [-0.4, -0.2) is 36.5 Å². The molecule has 0 aromatic heterocycles. The summed E-state index contributed by atoms with van der Waals surface area (Å²) < 4.78 is 12.4. The molecule has 0 bridgehead atoms. The first kappa shape index (κ1) is 18.7. The number of carbonyl (C=O) groups is 1. The molecule has 1 amide bonds. The molecule has 5 nitrogen and oxygen atoms in total. The quantitative estimate of drug-likeness (QED) is 0.795. The Morgan fingerprint density at radius 3 is 2.68 bits per heavy atom. The van der Waals surface area contributed by atoms with Gasteiger partial charge in [0.05, 0.1) is 18.2 Å². The lowest BCUT2D eigenvalue weighted by molar-refractivity contribution is -0.128. The maximum absolute atomic E-state index is 12.2. The van der Waals surface area contributed by atoms with Crippen molar-refractivity contribution in [3.8, 4) is 0 Å². The fourth-order valence-electron chi connectivity index (χ4n) is 3.63. The van der Waals surface area contributed by atoms with Gasteiger partial charge in [0.2, 0.25) is 0 Å². The second-order valence-corrected chi connectivity index (χ2v) is 8.76. The maximum Gasteiger partial charge on any atom is 0.407 e. The second kappa shape index (κ2) is 7.64. The Morgan fingerprint density at radius 1 is 1.28 bits per heavy atom. The highest BCUT2D eigenvalue weighted by molar-refractivity contribution is 9.10. The fourth-order valence-corrected chi connectivity index (χ4v) is 3.89. The molecule has 2 aliphatic rings. The summed E-state index contributed by atoms with van der Waals surface area (Å²) in [4.78, 5) is 12.2. The number of carbonyl (C=O) groups excluding carboxylic acids is 1. The Morgan fingerprint density at radius 2 is 2.00 bits per heavy atom. The number of hydrogen-bond donors (Lipinski definition) is 2. The standard InChI is InChI=1S/C19H27BrN2O3/c1-19(2,3)25-18(23)22-15-14-5-4-10-24-17(14)16(15)21-11-12-6-8-13(20)9-7-12/h6-9,14-17,21H,4-5,10-11H2,1-3H3,(H,22,23). The topological polar surface area (TPSA) is 59.6 Å². The fraction of sp³-hybridized carbons (Fsp3) is 0.632. The predicted molar refractivity (Wildman–Crippen MR) is 100 cm³/mol. The van der Waals surface area contributed by atoms with Crippen molar-refractivity contribution in [3.63, 3.8) is 0 Å². The predicted octanol–water partition coefficient (Wildman–Crippen LogP) is 3.61. The molecule has 138 valence electrons. The van der Waals surface area contributed by atoms with Gasteiger partial charge in [-0.15, -0.1) is 0 Å². The summed E-state index contributed by atoms with van der Waals surface area (Å²) in [6, 6.07) is 8.41. The van der Waals surface area contributed by atoms with Crippen molar-refractivity contribution >= 4 is 22.0 Å². The zero-order valence-corrected chi connectivity index (χ0v) is 16.6. The molecule has 0 spiro atoms. The highest BCUT2D eigenvalue weighted by Crippen LogP contribution is 2.38. The summed E-state index contributed by atoms with van der Waals surface area (Å²) in [7, 11) is 0. The summed E-state index contributed by atoms with van der Waals surface area (Å²) in [5, 5.41) is 6.62. The van der Waals surface area contributed by atoms with Crippen LogP contribution in [-0.2, 0) is 16.0 Å². The molecule has 1 aliphatic heterocycles. The van der Waals surface area contributed by atoms with Gasteiger partial charge in [-0.2, -0.15) is 0 Å². The summed E-state index contributed by atoms with van der Waals surface area (Å²) in [5.41, 5.74) is 0.717. The molecule has 6 heteroatoms. The first-order valence-electron chi connectivity index (χ1n) is 8.92. The largest absolute Gasteiger partial charge is 0.444 e. The molecule has 1 saturated carbocycles. The number of benzene rings is 1. The third-order valence-electron chi connectivity index (χ3n) is 4.75. The van der Waals surface area contributed by atoms with Crippen LogP contribution in [0.3, 0.4) is 0 Å². The first-order chi connectivity index (χ1) is 11.8. The number of rotatable bonds is 4. The molecule has 4 atom stereocenters. The minimum absolute atomic E-state index is 0.0515. The van der Waals surface area contributed by atoms with Gasteiger partial charge in [0.15, 0.2) is 0 Å². The highest BCUT2D eigenvalue weighted by atomic mass is 79.9. The monoisotopic (exact) mass is 410 g/mol. The van der Waals surface area contributed by atoms with E-state index >= 15 is 0 Å². The van der Waals surface area contributed by atoms with Gasteiger partial charge in [0, 0.05) is 23.5 Å². The molecular formula is C19H27BrN2O3. The van der Waals surface area contributed by atoms with E-state index in [1.54, 1.807) is 0 Å². The summed E-state index contributed by atoms with van der Waals surface area (Å²) in [6.07, 6.45) is 1.95. The number of hydrogen-bond acceptors (Lipinski definition) is 4. The minimum Gasteiger partial charge on any atom is -0.444 e. The van der Waals surface area contributed by atoms with Gasteiger partial charge in [-0.25, -0.2) is 4.79 Å². The Bertz CT molecular complexity index is 600. The molecule has 2 fully saturated rings. The second-order valence-electron chi connectivity index (χ2n) is 7.85. The van der Waals surface area contributed by atoms with Crippen molar-refractivity contribution in [1.82, 2.24) is 10.6 Å². The van der Waals surface area contributed by atoms with Crippen LogP contribution in [0.15, 0.2) is 28.7 Å². The summed E-state index contributed by atoms with van der Waals surface area (Å²) in [6.45, 7) is 7.18. The number of halogens is 1. The molecule has 2 N–H and O–H groups in total. The Hall–Kier alpha value is -1.11. The Labute approximate surface area is 158 Å². The van der Waals surface area contributed by atoms with E-state index in [-0.39, 0.29) is 24.3 Å². The third-order valence-corrected chi connectivity index (χ3v) is 5.28. The van der Waals surface area contributed by atoms with E-state index < -0.39 is 5.60 Å². The van der Waals surface area contributed by atoms with Gasteiger partial charge in [-0.05, 0) is 51.3 Å². The normalized spacial score (nSPS) is 28.6. The van der Waals surface area contributed by atoms with Crippen molar-refractivity contribution < 1.29 is 14.3 Å². The number of amides is 1. The zero-order valence-electron chi connectivity index (χ0n) is 15.0. The van der Waals surface area contributed by atoms with Gasteiger partial charge in [-0.1, -0.05) is 28.1 Å². The average Bonchev–Trinajstić information content (AvgIpc) is 2.53. The van der Waals surface area contributed by atoms with Crippen LogP contribution < -0.4 is 10.6 Å². The van der Waals surface area contributed by atoms with Gasteiger partial charge in [0.25, 0.3) is 0 Å². The lowest BCUT2D eigenvalue weighted by Crippen LogP contribution is -2.73. The van der Waals surface area contributed by atoms with E-state index in [2.05, 4.69) is 38.7 Å². The van der Waals surface area contributed by atoms with Gasteiger partial charge < -0.3 is 20.1 Å². The molecule has 1 heterocycles. The van der Waals surface area contributed by atoms with Gasteiger partial charge >= 0.3 is 6.09 Å². The minimum atomic E-state index is -0.489. The SMILES string of the molecule is CC(C)(C)OC(=O)NC1C2CCCOC2C1NCc1ccc(Br)cc1. The van der Waals surface area contributed by atoms with Crippen LogP contribution in [0.5, 0.6) is 0 Å². The van der Waals surface area contributed by atoms with Crippen molar-refractivity contribution in [3.05, 3.63) is 34.3 Å². The molecule has 4 unspecified atom stereocenters. The van der Waals surface area contributed by atoms with Crippen molar-refractivity contribution in [2.75, 3.05) is 6.61 Å². The van der Waals surface area contributed by atoms with E-state index in [0.29, 0.717) is 5.92 Å². The van der Waals surface area contributed by atoms with Crippen LogP contribution in [0.4, 0.5) is 4.79 Å². The molecule has 25 heavy (non-hydrogen) atoms. The lowest BCUT2D eigenvalue weighted by Gasteiger charge is -2.54. The molecule has 1 saturated heterocycles. The molecule has 1 aliphatic carbocycles. The molecule has 3 rings (SSSR count). The van der Waals surface area contributed by atoms with Crippen LogP contribution in [0.2, 0.25) is 0 Å². The Kier molecular flexibility index (Phi) is 5.71. The molecule has 1 aromatic carbocycles.